The van der Waals surface area contributed by atoms with Crippen molar-refractivity contribution in [2.24, 2.45) is 5.92 Å². The summed E-state index contributed by atoms with van der Waals surface area (Å²) in [7, 11) is 1.62. The van der Waals surface area contributed by atoms with E-state index >= 15 is 0 Å². The normalized spacial score (nSPS) is 31.1. The Labute approximate surface area is 163 Å². The van der Waals surface area contributed by atoms with E-state index in [9.17, 15) is 9.59 Å². The van der Waals surface area contributed by atoms with Gasteiger partial charge in [-0.2, -0.15) is 0 Å². The summed E-state index contributed by atoms with van der Waals surface area (Å²) in [5, 5.41) is 0. The first-order chi connectivity index (χ1) is 13.5. The van der Waals surface area contributed by atoms with Gasteiger partial charge in [-0.15, -0.1) is 0 Å². The molecule has 0 unspecified atom stereocenters. The maximum Gasteiger partial charge on any atom is 0.307 e. The third kappa shape index (κ3) is 3.31. The highest BCUT2D eigenvalue weighted by molar-refractivity contribution is 5.85. The summed E-state index contributed by atoms with van der Waals surface area (Å²) in [5.41, 5.74) is 0.109. The third-order valence-electron chi connectivity index (χ3n) is 5.38. The van der Waals surface area contributed by atoms with Gasteiger partial charge >= 0.3 is 5.97 Å². The van der Waals surface area contributed by atoms with Gasteiger partial charge in [0.05, 0.1) is 26.5 Å². The molecular weight excluding hydrogens is 362 g/mol. The Bertz CT molecular complexity index is 817. The van der Waals surface area contributed by atoms with Crippen molar-refractivity contribution in [2.45, 2.75) is 31.3 Å². The summed E-state index contributed by atoms with van der Waals surface area (Å²) in [5.74, 6) is -0.156. The van der Waals surface area contributed by atoms with Gasteiger partial charge in [-0.25, -0.2) is 0 Å². The van der Waals surface area contributed by atoms with Gasteiger partial charge in [-0.3, -0.25) is 9.59 Å². The van der Waals surface area contributed by atoms with Crippen molar-refractivity contribution < 1.29 is 28.5 Å². The molecule has 0 N–H and O–H groups in total. The summed E-state index contributed by atoms with van der Waals surface area (Å²) >= 11 is 0. The highest BCUT2D eigenvalue weighted by Crippen LogP contribution is 2.47. The van der Waals surface area contributed by atoms with Crippen molar-refractivity contribution in [1.82, 2.24) is 4.90 Å². The minimum Gasteiger partial charge on any atom is -0.497 e. The van der Waals surface area contributed by atoms with Crippen molar-refractivity contribution >= 4 is 11.9 Å². The molecule has 0 radical (unpaired) electrons. The van der Waals surface area contributed by atoms with Crippen LogP contribution in [0.3, 0.4) is 0 Å². The molecule has 7 heteroatoms. The zero-order valence-corrected chi connectivity index (χ0v) is 15.9. The fraction of sp³-hybridized carbons (Fsp3) is 0.429. The predicted molar refractivity (Wildman–Crippen MR) is 99.3 cm³/mol. The zero-order valence-electron chi connectivity index (χ0n) is 15.9. The number of nitrogens with zero attached hydrogens (tertiary/aromatic N) is 1. The molecule has 4 rings (SSSR count). The van der Waals surface area contributed by atoms with Gasteiger partial charge in [0.15, 0.2) is 0 Å². The molecule has 7 nitrogen and oxygen atoms in total. The quantitative estimate of drug-likeness (QED) is 0.437. The first-order valence-corrected chi connectivity index (χ1v) is 9.25. The number of hydrogen-bond acceptors (Lipinski definition) is 6. The second-order valence-electron chi connectivity index (χ2n) is 7.20. The standard InChI is InChI=1S/C21H23NO6/c1-14(23)26-11-9-21-13-22(12-15-5-7-16(25-2)8-6-15)20(24)18(21)19-17(28-21)4-3-10-27-19/h3-9,11,17-19H,10,12-13H2,1-2H3/b11-9-/t17-,18+,19+,21-/m0/s1. The lowest BCUT2D eigenvalue weighted by molar-refractivity contribution is -0.136. The maximum atomic E-state index is 13.2. The summed E-state index contributed by atoms with van der Waals surface area (Å²) in [6, 6.07) is 7.61. The zero-order chi connectivity index (χ0) is 19.7. The van der Waals surface area contributed by atoms with Gasteiger partial charge < -0.3 is 23.8 Å². The van der Waals surface area contributed by atoms with Crippen molar-refractivity contribution in [2.75, 3.05) is 20.3 Å². The molecule has 28 heavy (non-hydrogen) atoms. The van der Waals surface area contributed by atoms with Crippen molar-refractivity contribution in [3.63, 3.8) is 0 Å². The Hall–Kier alpha value is -2.64. The molecule has 0 aliphatic carbocycles. The van der Waals surface area contributed by atoms with Crippen molar-refractivity contribution in [1.29, 1.82) is 0 Å². The first-order valence-electron chi connectivity index (χ1n) is 9.25. The van der Waals surface area contributed by atoms with E-state index in [4.69, 9.17) is 18.9 Å². The summed E-state index contributed by atoms with van der Waals surface area (Å²) < 4.78 is 22.3. The highest BCUT2D eigenvalue weighted by atomic mass is 16.6. The molecule has 2 fully saturated rings. The van der Waals surface area contributed by atoms with Crippen molar-refractivity contribution in [3.8, 4) is 5.75 Å². The molecule has 4 atom stereocenters. The molecule has 0 bridgehead atoms. The molecule has 1 amide bonds. The van der Waals surface area contributed by atoms with Crippen LogP contribution in [0.25, 0.3) is 0 Å². The van der Waals surface area contributed by atoms with Crippen LogP contribution in [0.1, 0.15) is 12.5 Å². The number of likely N-dealkylation sites (tertiary alicyclic amines) is 1. The van der Waals surface area contributed by atoms with E-state index < -0.39 is 17.5 Å². The number of carbonyl (C=O) groups excluding carboxylic acids is 2. The van der Waals surface area contributed by atoms with Crippen LogP contribution in [0.2, 0.25) is 0 Å². The lowest BCUT2D eigenvalue weighted by atomic mass is 9.87. The summed E-state index contributed by atoms with van der Waals surface area (Å²) in [6.07, 6.45) is 6.20. The molecule has 148 valence electrons. The molecule has 1 aromatic rings. The van der Waals surface area contributed by atoms with Gasteiger partial charge in [0.25, 0.3) is 0 Å². The van der Waals surface area contributed by atoms with Crippen LogP contribution in [0.4, 0.5) is 0 Å². The second-order valence-corrected chi connectivity index (χ2v) is 7.20. The number of carbonyl (C=O) groups is 2. The smallest absolute Gasteiger partial charge is 0.307 e. The lowest BCUT2D eigenvalue weighted by Crippen LogP contribution is -2.39. The first kappa shape index (κ1) is 18.7. The highest BCUT2D eigenvalue weighted by Gasteiger charge is 2.63. The van der Waals surface area contributed by atoms with E-state index in [1.54, 1.807) is 18.1 Å². The number of amides is 1. The van der Waals surface area contributed by atoms with Crippen LogP contribution >= 0.6 is 0 Å². The van der Waals surface area contributed by atoms with Crippen LogP contribution in [0, 0.1) is 5.92 Å². The SMILES string of the molecule is COc1ccc(CN2C[C@]3(/C=C\OC(C)=O)O[C@H]4C=CCO[C@H]4[C@@H]3C2=O)cc1. The topological polar surface area (TPSA) is 74.3 Å². The molecular formula is C21H23NO6. The van der Waals surface area contributed by atoms with E-state index in [0.29, 0.717) is 19.7 Å². The average molecular weight is 385 g/mol. The number of fused-ring (bicyclic) bond motifs is 3. The van der Waals surface area contributed by atoms with Crippen LogP contribution in [0.15, 0.2) is 48.8 Å². The summed E-state index contributed by atoms with van der Waals surface area (Å²) in [6.45, 7) is 2.61. The van der Waals surface area contributed by atoms with E-state index in [1.807, 2.05) is 36.4 Å². The molecule has 0 saturated carbocycles. The van der Waals surface area contributed by atoms with E-state index in [1.165, 1.54) is 13.2 Å². The molecule has 1 aromatic carbocycles. The van der Waals surface area contributed by atoms with E-state index in [0.717, 1.165) is 11.3 Å². The Balaban J connectivity index is 1.58. The summed E-state index contributed by atoms with van der Waals surface area (Å²) in [4.78, 5) is 26.2. The largest absolute Gasteiger partial charge is 0.497 e. The molecule has 2 saturated heterocycles. The molecule has 3 aliphatic rings. The molecule has 0 aromatic heterocycles. The van der Waals surface area contributed by atoms with Gasteiger partial charge in [0.2, 0.25) is 5.91 Å². The minimum absolute atomic E-state index is 0.0221. The van der Waals surface area contributed by atoms with Crippen LogP contribution in [-0.2, 0) is 30.3 Å². The molecule has 0 spiro atoms. The Morgan fingerprint density at radius 1 is 1.36 bits per heavy atom. The van der Waals surface area contributed by atoms with Crippen molar-refractivity contribution in [3.05, 3.63) is 54.3 Å². The van der Waals surface area contributed by atoms with Gasteiger partial charge in [-0.05, 0) is 23.8 Å². The maximum absolute atomic E-state index is 13.2. The van der Waals surface area contributed by atoms with Crippen LogP contribution in [-0.4, -0.2) is 54.8 Å². The number of esters is 1. The number of ether oxygens (including phenoxy) is 4. The number of methoxy groups -OCH3 is 1. The fourth-order valence-electron chi connectivity index (χ4n) is 4.14. The van der Waals surface area contributed by atoms with Gasteiger partial charge in [-0.1, -0.05) is 24.3 Å². The van der Waals surface area contributed by atoms with E-state index in [2.05, 4.69) is 0 Å². The monoisotopic (exact) mass is 385 g/mol. The Kier molecular flexibility index (Phi) is 4.95. The minimum atomic E-state index is -0.886. The molecule has 3 heterocycles. The lowest BCUT2D eigenvalue weighted by Gasteiger charge is -2.26. The third-order valence-corrected chi connectivity index (χ3v) is 5.38. The Morgan fingerprint density at radius 3 is 2.86 bits per heavy atom. The fourth-order valence-corrected chi connectivity index (χ4v) is 4.14. The van der Waals surface area contributed by atoms with E-state index in [-0.39, 0.29) is 18.1 Å². The number of rotatable bonds is 5. The van der Waals surface area contributed by atoms with Crippen LogP contribution in [0.5, 0.6) is 5.75 Å². The van der Waals surface area contributed by atoms with Gasteiger partial charge in [0, 0.05) is 13.5 Å². The number of benzene rings is 1. The van der Waals surface area contributed by atoms with Gasteiger partial charge in [0.1, 0.15) is 29.5 Å². The van der Waals surface area contributed by atoms with Crippen LogP contribution < -0.4 is 4.74 Å². The predicted octanol–water partition coefficient (Wildman–Crippen LogP) is 1.82. The average Bonchev–Trinajstić information content (AvgIpc) is 3.13. The molecule has 3 aliphatic heterocycles. The number of hydrogen-bond donors (Lipinski definition) is 0. The second kappa shape index (κ2) is 7.41. The Morgan fingerprint density at radius 2 is 2.14 bits per heavy atom.